The Morgan fingerprint density at radius 3 is 2.58 bits per heavy atom. The number of halogens is 1. The molecule has 19 heavy (non-hydrogen) atoms. The summed E-state index contributed by atoms with van der Waals surface area (Å²) < 4.78 is 2.14. The van der Waals surface area contributed by atoms with Crippen LogP contribution < -0.4 is 0 Å². The molecule has 1 heterocycles. The molecule has 0 aliphatic rings. The van der Waals surface area contributed by atoms with Crippen molar-refractivity contribution in [1.29, 1.82) is 0 Å². The Hall–Kier alpha value is -1.35. The first-order valence-corrected chi connectivity index (χ1v) is 7.12. The van der Waals surface area contributed by atoms with Crippen molar-refractivity contribution in [3.8, 4) is 11.4 Å². The van der Waals surface area contributed by atoms with Crippen molar-refractivity contribution < 1.29 is 0 Å². The van der Waals surface area contributed by atoms with Crippen LogP contribution in [0.2, 0.25) is 0 Å². The van der Waals surface area contributed by atoms with Crippen LogP contribution in [0.3, 0.4) is 0 Å². The van der Waals surface area contributed by atoms with Crippen LogP contribution in [0.5, 0.6) is 0 Å². The normalized spacial score (nSPS) is 11.3. The van der Waals surface area contributed by atoms with E-state index >= 15 is 0 Å². The maximum atomic E-state index is 5.96. The summed E-state index contributed by atoms with van der Waals surface area (Å²) in [6.07, 6.45) is 0. The maximum Gasteiger partial charge on any atom is 0.164 e. The molecule has 2 aromatic rings. The quantitative estimate of drug-likeness (QED) is 0.792. The molecule has 3 nitrogen and oxygen atoms in total. The van der Waals surface area contributed by atoms with Crippen molar-refractivity contribution >= 4 is 11.6 Å². The minimum absolute atomic E-state index is 0.393. The van der Waals surface area contributed by atoms with Gasteiger partial charge in [-0.2, -0.15) is 0 Å². The van der Waals surface area contributed by atoms with Gasteiger partial charge in [-0.25, -0.2) is 0 Å². The number of hydrogen-bond acceptors (Lipinski definition) is 2. The first-order valence-electron chi connectivity index (χ1n) is 6.58. The zero-order valence-electron chi connectivity index (χ0n) is 11.9. The van der Waals surface area contributed by atoms with Gasteiger partial charge in [0.1, 0.15) is 5.82 Å². The molecule has 0 N–H and O–H groups in total. The number of rotatable bonds is 4. The van der Waals surface area contributed by atoms with Crippen LogP contribution in [0.15, 0.2) is 18.2 Å². The molecule has 0 saturated heterocycles. The Morgan fingerprint density at radius 1 is 1.21 bits per heavy atom. The van der Waals surface area contributed by atoms with E-state index in [0.29, 0.717) is 11.8 Å². The number of alkyl halides is 1. The van der Waals surface area contributed by atoms with E-state index in [4.69, 9.17) is 11.6 Å². The molecular weight excluding hydrogens is 258 g/mol. The Labute approximate surface area is 119 Å². The Balaban J connectivity index is 2.55. The highest BCUT2D eigenvalue weighted by molar-refractivity contribution is 6.16. The van der Waals surface area contributed by atoms with E-state index in [1.807, 2.05) is 0 Å². The molecule has 2 rings (SSSR count). The van der Waals surface area contributed by atoms with E-state index in [0.717, 1.165) is 23.8 Å². The Kier molecular flexibility index (Phi) is 4.25. The number of aromatic nitrogens is 3. The molecule has 0 radical (unpaired) electrons. The molecule has 0 amide bonds. The first kappa shape index (κ1) is 14.1. The van der Waals surface area contributed by atoms with E-state index in [1.54, 1.807) is 0 Å². The fourth-order valence-corrected chi connectivity index (χ4v) is 2.36. The van der Waals surface area contributed by atoms with Crippen LogP contribution in [-0.4, -0.2) is 14.8 Å². The molecule has 102 valence electrons. The summed E-state index contributed by atoms with van der Waals surface area (Å²) in [5, 5.41) is 8.56. The predicted molar refractivity (Wildman–Crippen MR) is 79.3 cm³/mol. The van der Waals surface area contributed by atoms with E-state index in [1.165, 1.54) is 11.1 Å². The second-order valence-electron chi connectivity index (χ2n) is 5.40. The van der Waals surface area contributed by atoms with Gasteiger partial charge in [-0.1, -0.05) is 31.5 Å². The van der Waals surface area contributed by atoms with Gasteiger partial charge in [-0.05, 0) is 31.4 Å². The third-order valence-corrected chi connectivity index (χ3v) is 3.37. The second-order valence-corrected chi connectivity index (χ2v) is 5.66. The van der Waals surface area contributed by atoms with Gasteiger partial charge < -0.3 is 4.57 Å². The van der Waals surface area contributed by atoms with Crippen molar-refractivity contribution in [2.75, 3.05) is 0 Å². The van der Waals surface area contributed by atoms with E-state index < -0.39 is 0 Å². The highest BCUT2D eigenvalue weighted by atomic mass is 35.5. The molecule has 0 unspecified atom stereocenters. The molecule has 0 fully saturated rings. The number of nitrogens with zero attached hydrogens (tertiary/aromatic N) is 3. The van der Waals surface area contributed by atoms with Crippen LogP contribution in [-0.2, 0) is 12.4 Å². The third kappa shape index (κ3) is 2.98. The molecule has 0 aliphatic heterocycles. The van der Waals surface area contributed by atoms with Crippen LogP contribution in [0.4, 0.5) is 0 Å². The van der Waals surface area contributed by atoms with Crippen molar-refractivity contribution in [2.24, 2.45) is 5.92 Å². The van der Waals surface area contributed by atoms with Crippen LogP contribution in [0, 0.1) is 19.8 Å². The van der Waals surface area contributed by atoms with E-state index in [9.17, 15) is 0 Å². The van der Waals surface area contributed by atoms with Gasteiger partial charge in [-0.3, -0.25) is 0 Å². The molecule has 0 aliphatic carbocycles. The lowest BCUT2D eigenvalue weighted by molar-refractivity contribution is 0.515. The van der Waals surface area contributed by atoms with Crippen molar-refractivity contribution in [3.05, 3.63) is 35.2 Å². The average Bonchev–Trinajstić information content (AvgIpc) is 2.74. The SMILES string of the molecule is Cc1ccc(C)c(-c2nnc(CCl)n2CC(C)C)c1. The largest absolute Gasteiger partial charge is 0.310 e. The topological polar surface area (TPSA) is 30.7 Å². The van der Waals surface area contributed by atoms with Crippen LogP contribution >= 0.6 is 11.6 Å². The second kappa shape index (κ2) is 5.74. The fourth-order valence-electron chi connectivity index (χ4n) is 2.17. The molecule has 4 heteroatoms. The monoisotopic (exact) mass is 277 g/mol. The molecule has 0 bridgehead atoms. The molecule has 0 spiro atoms. The lowest BCUT2D eigenvalue weighted by atomic mass is 10.0. The highest BCUT2D eigenvalue weighted by Crippen LogP contribution is 2.25. The Bertz CT molecular complexity index is 573. The van der Waals surface area contributed by atoms with Gasteiger partial charge in [0.2, 0.25) is 0 Å². The zero-order chi connectivity index (χ0) is 14.0. The number of benzene rings is 1. The number of aryl methyl sites for hydroxylation is 2. The predicted octanol–water partition coefficient (Wildman–Crippen LogP) is 3.96. The molecular formula is C15H20ClN3. The molecule has 1 aromatic heterocycles. The molecule has 0 atom stereocenters. The Morgan fingerprint density at radius 2 is 1.95 bits per heavy atom. The van der Waals surface area contributed by atoms with Crippen LogP contribution in [0.1, 0.15) is 30.8 Å². The van der Waals surface area contributed by atoms with E-state index in [2.05, 4.69) is 60.7 Å². The molecule has 0 saturated carbocycles. The summed E-state index contributed by atoms with van der Waals surface area (Å²) in [4.78, 5) is 0. The van der Waals surface area contributed by atoms with Gasteiger partial charge in [0.25, 0.3) is 0 Å². The lowest BCUT2D eigenvalue weighted by Crippen LogP contribution is -2.09. The fraction of sp³-hybridized carbons (Fsp3) is 0.467. The summed E-state index contributed by atoms with van der Waals surface area (Å²) >= 11 is 5.96. The van der Waals surface area contributed by atoms with Gasteiger partial charge >= 0.3 is 0 Å². The van der Waals surface area contributed by atoms with Crippen molar-refractivity contribution in [1.82, 2.24) is 14.8 Å². The van der Waals surface area contributed by atoms with Gasteiger partial charge in [0.15, 0.2) is 5.82 Å². The van der Waals surface area contributed by atoms with Gasteiger partial charge in [-0.15, -0.1) is 21.8 Å². The zero-order valence-corrected chi connectivity index (χ0v) is 12.7. The highest BCUT2D eigenvalue weighted by Gasteiger charge is 2.15. The van der Waals surface area contributed by atoms with Crippen LogP contribution in [0.25, 0.3) is 11.4 Å². The number of hydrogen-bond donors (Lipinski definition) is 0. The minimum Gasteiger partial charge on any atom is -0.310 e. The summed E-state index contributed by atoms with van der Waals surface area (Å²) in [6.45, 7) is 9.45. The average molecular weight is 278 g/mol. The van der Waals surface area contributed by atoms with Gasteiger partial charge in [0, 0.05) is 12.1 Å². The summed E-state index contributed by atoms with van der Waals surface area (Å²) in [6, 6.07) is 6.40. The standard InChI is InChI=1S/C15H20ClN3/c1-10(2)9-19-14(8-16)17-18-15(19)13-7-11(3)5-6-12(13)4/h5-7,10H,8-9H2,1-4H3. The minimum atomic E-state index is 0.393. The summed E-state index contributed by atoms with van der Waals surface area (Å²) in [5.74, 6) is 2.68. The first-order chi connectivity index (χ1) is 9.02. The lowest BCUT2D eigenvalue weighted by Gasteiger charge is -2.13. The smallest absolute Gasteiger partial charge is 0.164 e. The van der Waals surface area contributed by atoms with E-state index in [-0.39, 0.29) is 0 Å². The summed E-state index contributed by atoms with van der Waals surface area (Å²) in [5.41, 5.74) is 3.58. The van der Waals surface area contributed by atoms with Gasteiger partial charge in [0.05, 0.1) is 5.88 Å². The summed E-state index contributed by atoms with van der Waals surface area (Å²) in [7, 11) is 0. The van der Waals surface area contributed by atoms with Crippen molar-refractivity contribution in [3.63, 3.8) is 0 Å². The third-order valence-electron chi connectivity index (χ3n) is 3.13. The maximum absolute atomic E-state index is 5.96. The van der Waals surface area contributed by atoms with Crippen molar-refractivity contribution in [2.45, 2.75) is 40.1 Å². The molecule has 1 aromatic carbocycles.